The van der Waals surface area contributed by atoms with Gasteiger partial charge < -0.3 is 14.6 Å². The van der Waals surface area contributed by atoms with Crippen LogP contribution in [0, 0.1) is 0 Å². The first-order valence-electron chi connectivity index (χ1n) is 6.99. The minimum atomic E-state index is 0.196. The van der Waals surface area contributed by atoms with Gasteiger partial charge in [-0.25, -0.2) is 0 Å². The molecule has 1 saturated carbocycles. The molecule has 2 aliphatic rings. The Hall–Kier alpha value is -0.940. The zero-order valence-electron chi connectivity index (χ0n) is 10.7. The van der Waals surface area contributed by atoms with Crippen LogP contribution in [-0.4, -0.2) is 34.9 Å². The molecular formula is C13H21N3O2. The third kappa shape index (κ3) is 2.72. The Morgan fingerprint density at radius 2 is 2.28 bits per heavy atom. The third-order valence-corrected chi connectivity index (χ3v) is 4.20. The standard InChI is InChI=1S/C13H21N3O2/c1-2-6-13(5-1)9-11(4-8-17-13)14-7-3-12-15-10-18-16-12/h10-11,14H,1-9H2. The number of aromatic nitrogens is 2. The number of rotatable bonds is 4. The minimum absolute atomic E-state index is 0.196. The molecule has 1 aromatic heterocycles. The van der Waals surface area contributed by atoms with E-state index in [-0.39, 0.29) is 5.60 Å². The maximum absolute atomic E-state index is 6.03. The molecule has 3 rings (SSSR count). The molecule has 100 valence electrons. The molecule has 1 spiro atoms. The molecular weight excluding hydrogens is 230 g/mol. The molecule has 1 N–H and O–H groups in total. The molecule has 2 heterocycles. The van der Waals surface area contributed by atoms with Gasteiger partial charge in [0.15, 0.2) is 5.82 Å². The van der Waals surface area contributed by atoms with Gasteiger partial charge >= 0.3 is 0 Å². The van der Waals surface area contributed by atoms with E-state index in [0.717, 1.165) is 31.8 Å². The predicted molar refractivity (Wildman–Crippen MR) is 66.2 cm³/mol. The lowest BCUT2D eigenvalue weighted by atomic mass is 9.89. The molecule has 0 bridgehead atoms. The SMILES string of the molecule is c1nc(CCNC2CCOC3(CCCC3)C2)no1. The molecule has 18 heavy (non-hydrogen) atoms. The van der Waals surface area contributed by atoms with Gasteiger partial charge in [-0.2, -0.15) is 4.98 Å². The van der Waals surface area contributed by atoms with Gasteiger partial charge in [-0.15, -0.1) is 0 Å². The quantitative estimate of drug-likeness (QED) is 0.882. The summed E-state index contributed by atoms with van der Waals surface area (Å²) in [5.41, 5.74) is 0.196. The van der Waals surface area contributed by atoms with Gasteiger partial charge in [0.1, 0.15) is 0 Å². The normalized spacial score (nSPS) is 26.8. The first-order valence-corrected chi connectivity index (χ1v) is 6.99. The van der Waals surface area contributed by atoms with Gasteiger partial charge in [-0.3, -0.25) is 0 Å². The van der Waals surface area contributed by atoms with Crippen LogP contribution < -0.4 is 5.32 Å². The van der Waals surface area contributed by atoms with E-state index in [1.165, 1.54) is 38.5 Å². The Balaban J connectivity index is 1.45. The molecule has 1 unspecified atom stereocenters. The number of nitrogens with one attached hydrogen (secondary N) is 1. The van der Waals surface area contributed by atoms with Gasteiger partial charge in [-0.1, -0.05) is 18.0 Å². The smallest absolute Gasteiger partial charge is 0.213 e. The summed E-state index contributed by atoms with van der Waals surface area (Å²) in [6, 6.07) is 0.587. The van der Waals surface area contributed by atoms with Crippen LogP contribution >= 0.6 is 0 Å². The maximum atomic E-state index is 6.03. The second-order valence-electron chi connectivity index (χ2n) is 5.48. The van der Waals surface area contributed by atoms with Gasteiger partial charge in [0.05, 0.1) is 5.60 Å². The van der Waals surface area contributed by atoms with Crippen LogP contribution in [0.5, 0.6) is 0 Å². The van der Waals surface area contributed by atoms with Crippen LogP contribution in [0.4, 0.5) is 0 Å². The van der Waals surface area contributed by atoms with Crippen molar-refractivity contribution < 1.29 is 9.26 Å². The summed E-state index contributed by atoms with van der Waals surface area (Å²) >= 11 is 0. The van der Waals surface area contributed by atoms with E-state index in [4.69, 9.17) is 9.26 Å². The number of hydrogen-bond donors (Lipinski definition) is 1. The average Bonchev–Trinajstić information content (AvgIpc) is 3.02. The van der Waals surface area contributed by atoms with Crippen molar-refractivity contribution in [2.45, 2.75) is 56.6 Å². The summed E-state index contributed by atoms with van der Waals surface area (Å²) in [6.45, 7) is 1.82. The monoisotopic (exact) mass is 251 g/mol. The summed E-state index contributed by atoms with van der Waals surface area (Å²) in [5.74, 6) is 0.783. The Bertz CT molecular complexity index is 360. The van der Waals surface area contributed by atoms with E-state index in [1.54, 1.807) is 0 Å². The second kappa shape index (κ2) is 5.36. The predicted octanol–water partition coefficient (Wildman–Crippen LogP) is 1.69. The molecule has 0 aromatic carbocycles. The average molecular weight is 251 g/mol. The lowest BCUT2D eigenvalue weighted by Crippen LogP contribution is -2.46. The highest BCUT2D eigenvalue weighted by Crippen LogP contribution is 2.39. The fourth-order valence-electron chi connectivity index (χ4n) is 3.26. The van der Waals surface area contributed by atoms with E-state index in [9.17, 15) is 0 Å². The zero-order chi connectivity index (χ0) is 12.3. The Morgan fingerprint density at radius 3 is 3.06 bits per heavy atom. The van der Waals surface area contributed by atoms with Crippen LogP contribution in [-0.2, 0) is 11.2 Å². The molecule has 5 nitrogen and oxygen atoms in total. The van der Waals surface area contributed by atoms with E-state index < -0.39 is 0 Å². The summed E-state index contributed by atoms with van der Waals surface area (Å²) in [7, 11) is 0. The third-order valence-electron chi connectivity index (χ3n) is 4.20. The maximum Gasteiger partial charge on any atom is 0.213 e. The highest BCUT2D eigenvalue weighted by atomic mass is 16.5. The molecule has 2 fully saturated rings. The molecule has 1 aliphatic carbocycles. The van der Waals surface area contributed by atoms with Crippen molar-refractivity contribution in [3.63, 3.8) is 0 Å². The number of ether oxygens (including phenoxy) is 1. The first-order chi connectivity index (χ1) is 8.86. The van der Waals surface area contributed by atoms with E-state index in [1.807, 2.05) is 0 Å². The van der Waals surface area contributed by atoms with Crippen LogP contribution in [0.15, 0.2) is 10.9 Å². The zero-order valence-corrected chi connectivity index (χ0v) is 10.7. The lowest BCUT2D eigenvalue weighted by Gasteiger charge is -2.38. The molecule has 1 saturated heterocycles. The molecule has 0 amide bonds. The molecule has 1 atom stereocenters. The number of hydrogen-bond acceptors (Lipinski definition) is 5. The van der Waals surface area contributed by atoms with Crippen LogP contribution in [0.3, 0.4) is 0 Å². The van der Waals surface area contributed by atoms with E-state index in [0.29, 0.717) is 6.04 Å². The molecule has 1 aliphatic heterocycles. The van der Waals surface area contributed by atoms with E-state index in [2.05, 4.69) is 15.5 Å². The molecule has 5 heteroatoms. The van der Waals surface area contributed by atoms with Crippen molar-refractivity contribution in [1.29, 1.82) is 0 Å². The minimum Gasteiger partial charge on any atom is -0.375 e. The van der Waals surface area contributed by atoms with Gasteiger partial charge in [-0.05, 0) is 25.7 Å². The Kier molecular flexibility index (Phi) is 3.61. The lowest BCUT2D eigenvalue weighted by molar-refractivity contribution is -0.0834. The van der Waals surface area contributed by atoms with Crippen molar-refractivity contribution >= 4 is 0 Å². The molecule has 0 radical (unpaired) electrons. The number of nitrogens with zero attached hydrogens (tertiary/aromatic N) is 2. The Labute approximate surface area is 107 Å². The van der Waals surface area contributed by atoms with Crippen LogP contribution in [0.25, 0.3) is 0 Å². The van der Waals surface area contributed by atoms with Crippen LogP contribution in [0.1, 0.15) is 44.3 Å². The summed E-state index contributed by atoms with van der Waals surface area (Å²) in [4.78, 5) is 4.03. The summed E-state index contributed by atoms with van der Waals surface area (Å²) in [6.07, 6.45) is 9.66. The van der Waals surface area contributed by atoms with Crippen molar-refractivity contribution in [3.05, 3.63) is 12.2 Å². The summed E-state index contributed by atoms with van der Waals surface area (Å²) in [5, 5.41) is 7.43. The van der Waals surface area contributed by atoms with Crippen molar-refractivity contribution in [1.82, 2.24) is 15.5 Å². The fraction of sp³-hybridized carbons (Fsp3) is 0.846. The van der Waals surface area contributed by atoms with E-state index >= 15 is 0 Å². The first kappa shape index (κ1) is 12.1. The molecule has 1 aromatic rings. The fourth-order valence-corrected chi connectivity index (χ4v) is 3.26. The highest BCUT2D eigenvalue weighted by molar-refractivity contribution is 4.93. The van der Waals surface area contributed by atoms with Crippen molar-refractivity contribution in [2.75, 3.05) is 13.2 Å². The summed E-state index contributed by atoms with van der Waals surface area (Å²) < 4.78 is 10.8. The highest BCUT2D eigenvalue weighted by Gasteiger charge is 2.39. The van der Waals surface area contributed by atoms with Crippen molar-refractivity contribution in [3.8, 4) is 0 Å². The topological polar surface area (TPSA) is 60.2 Å². The van der Waals surface area contributed by atoms with Crippen LogP contribution in [0.2, 0.25) is 0 Å². The van der Waals surface area contributed by atoms with Gasteiger partial charge in [0.2, 0.25) is 6.39 Å². The van der Waals surface area contributed by atoms with Gasteiger partial charge in [0, 0.05) is 25.6 Å². The Morgan fingerprint density at radius 1 is 1.39 bits per heavy atom. The van der Waals surface area contributed by atoms with Crippen molar-refractivity contribution in [2.24, 2.45) is 0 Å². The largest absolute Gasteiger partial charge is 0.375 e. The van der Waals surface area contributed by atoms with Gasteiger partial charge in [0.25, 0.3) is 0 Å². The second-order valence-corrected chi connectivity index (χ2v) is 5.48.